The summed E-state index contributed by atoms with van der Waals surface area (Å²) in [4.78, 5) is 49.0. The molecule has 3 aliphatic rings. The van der Waals surface area contributed by atoms with Crippen LogP contribution in [0.2, 0.25) is 0 Å². The van der Waals surface area contributed by atoms with Gasteiger partial charge in [0.25, 0.3) is 5.91 Å². The second-order valence-corrected chi connectivity index (χ2v) is 7.52. The second-order valence-electron chi connectivity index (χ2n) is 6.56. The number of hydrogen-bond acceptors (Lipinski definition) is 6. The summed E-state index contributed by atoms with van der Waals surface area (Å²) >= 11 is 1.27. The number of carboxylic acids is 2. The van der Waals surface area contributed by atoms with Crippen LogP contribution in [0.25, 0.3) is 6.08 Å². The first kappa shape index (κ1) is 18.3. The van der Waals surface area contributed by atoms with Gasteiger partial charge in [0.2, 0.25) is 5.91 Å². The van der Waals surface area contributed by atoms with Gasteiger partial charge < -0.3 is 15.1 Å². The van der Waals surface area contributed by atoms with Crippen LogP contribution in [0.4, 0.5) is 0 Å². The molecule has 1 aromatic rings. The molecule has 0 aromatic carbocycles. The van der Waals surface area contributed by atoms with E-state index in [0.29, 0.717) is 30.9 Å². The van der Waals surface area contributed by atoms with Crippen LogP contribution in [-0.2, 0) is 32.3 Å². The molecule has 4 rings (SSSR count). The van der Waals surface area contributed by atoms with Crippen molar-refractivity contribution in [3.63, 3.8) is 0 Å². The number of rotatable bonds is 5. The van der Waals surface area contributed by atoms with E-state index in [-0.39, 0.29) is 35.7 Å². The average Bonchev–Trinajstić information content (AvgIpc) is 3.24. The van der Waals surface area contributed by atoms with E-state index >= 15 is 0 Å². The number of aliphatic carboxylic acids is 2. The molecule has 0 bridgehead atoms. The molecular weight excluding hydrogens is 388 g/mol. The molecule has 1 fully saturated rings. The number of β-lactam (4-membered cyclic amide) rings is 1. The zero-order valence-corrected chi connectivity index (χ0v) is 15.4. The van der Waals surface area contributed by atoms with Crippen molar-refractivity contribution in [3.8, 4) is 0 Å². The number of carbonyl (C=O) groups is 4. The van der Waals surface area contributed by atoms with Crippen molar-refractivity contribution in [2.75, 3.05) is 6.54 Å². The Balaban J connectivity index is 1.45. The summed E-state index contributed by atoms with van der Waals surface area (Å²) in [6.07, 6.45) is 1.41. The Hall–Kier alpha value is -3.08. The van der Waals surface area contributed by atoms with Crippen molar-refractivity contribution in [2.24, 2.45) is 0 Å². The molecule has 1 aromatic heterocycles. The van der Waals surface area contributed by atoms with Crippen LogP contribution in [-0.4, -0.2) is 65.5 Å². The van der Waals surface area contributed by atoms with E-state index in [4.69, 9.17) is 10.2 Å². The van der Waals surface area contributed by atoms with Crippen LogP contribution in [0, 0.1) is 0 Å². The van der Waals surface area contributed by atoms with Crippen molar-refractivity contribution in [1.82, 2.24) is 19.6 Å². The molecule has 3 aliphatic heterocycles. The number of aromatic nitrogens is 2. The minimum atomic E-state index is -1.13. The molecule has 11 heteroatoms. The normalized spacial score (nSPS) is 21.9. The van der Waals surface area contributed by atoms with Crippen LogP contribution in [0.15, 0.2) is 22.7 Å². The standard InChI is InChI=1S/C17H16N4O6S/c22-13(1-2-14(23)24)19-3-4-20-10(7-19)5-9(18-20)6-11-15(25)21-12(17(26)27)8-28-16(11)21/h5-6,8,16H,1-4,7H2,(H,23,24)(H,26,27)/b11-6-. The lowest BCUT2D eigenvalue weighted by Crippen LogP contribution is -2.51. The molecule has 0 radical (unpaired) electrons. The van der Waals surface area contributed by atoms with Gasteiger partial charge in [0.05, 0.1) is 36.5 Å². The Morgan fingerprint density at radius 2 is 2.04 bits per heavy atom. The van der Waals surface area contributed by atoms with E-state index in [1.807, 2.05) is 0 Å². The maximum Gasteiger partial charge on any atom is 0.353 e. The number of nitrogens with zero attached hydrogens (tertiary/aromatic N) is 4. The quantitative estimate of drug-likeness (QED) is 0.529. The van der Waals surface area contributed by atoms with Crippen LogP contribution in [0.5, 0.6) is 0 Å². The van der Waals surface area contributed by atoms with Crippen molar-refractivity contribution in [3.05, 3.63) is 34.1 Å². The average molecular weight is 404 g/mol. The highest BCUT2D eigenvalue weighted by Crippen LogP contribution is 2.45. The van der Waals surface area contributed by atoms with E-state index < -0.39 is 11.9 Å². The van der Waals surface area contributed by atoms with E-state index in [1.54, 1.807) is 21.7 Å². The number of carbonyl (C=O) groups excluding carboxylic acids is 2. The van der Waals surface area contributed by atoms with E-state index in [2.05, 4.69) is 5.10 Å². The molecule has 0 spiro atoms. The minimum Gasteiger partial charge on any atom is -0.481 e. The second kappa shape index (κ2) is 6.82. The summed E-state index contributed by atoms with van der Waals surface area (Å²) in [6.45, 7) is 1.26. The Labute approximate surface area is 163 Å². The van der Waals surface area contributed by atoms with Crippen molar-refractivity contribution in [1.29, 1.82) is 0 Å². The summed E-state index contributed by atoms with van der Waals surface area (Å²) in [7, 11) is 0. The molecule has 28 heavy (non-hydrogen) atoms. The summed E-state index contributed by atoms with van der Waals surface area (Å²) in [5, 5.41) is 23.4. The predicted octanol–water partition coefficient (Wildman–Crippen LogP) is 0.315. The van der Waals surface area contributed by atoms with Crippen molar-refractivity contribution >= 4 is 41.6 Å². The van der Waals surface area contributed by atoms with Gasteiger partial charge in [0, 0.05) is 18.4 Å². The van der Waals surface area contributed by atoms with Crippen molar-refractivity contribution in [2.45, 2.75) is 31.3 Å². The zero-order chi connectivity index (χ0) is 20.0. The number of fused-ring (bicyclic) bond motifs is 2. The molecule has 4 heterocycles. The smallest absolute Gasteiger partial charge is 0.353 e. The van der Waals surface area contributed by atoms with E-state index in [1.165, 1.54) is 22.1 Å². The molecule has 146 valence electrons. The first-order valence-electron chi connectivity index (χ1n) is 8.55. The molecule has 1 saturated heterocycles. The highest BCUT2D eigenvalue weighted by Gasteiger charge is 2.49. The van der Waals surface area contributed by atoms with Gasteiger partial charge in [-0.05, 0) is 12.1 Å². The summed E-state index contributed by atoms with van der Waals surface area (Å²) in [6, 6.07) is 1.78. The van der Waals surface area contributed by atoms with Gasteiger partial charge >= 0.3 is 11.9 Å². The molecular formula is C17H16N4O6S. The number of carboxylic acid groups (broad SMARTS) is 2. The van der Waals surface area contributed by atoms with Crippen LogP contribution < -0.4 is 0 Å². The van der Waals surface area contributed by atoms with Gasteiger partial charge in [0.1, 0.15) is 11.1 Å². The third-order valence-corrected chi connectivity index (χ3v) is 5.86. The predicted molar refractivity (Wildman–Crippen MR) is 96.4 cm³/mol. The van der Waals surface area contributed by atoms with Gasteiger partial charge in [-0.2, -0.15) is 5.10 Å². The Kier molecular flexibility index (Phi) is 4.46. The topological polar surface area (TPSA) is 133 Å². The molecule has 2 amide bonds. The molecule has 0 aliphatic carbocycles. The van der Waals surface area contributed by atoms with Gasteiger partial charge in [0.15, 0.2) is 0 Å². The minimum absolute atomic E-state index is 0.0169. The maximum absolute atomic E-state index is 12.3. The molecule has 2 N–H and O–H groups in total. The summed E-state index contributed by atoms with van der Waals surface area (Å²) in [5.41, 5.74) is 1.84. The van der Waals surface area contributed by atoms with Gasteiger partial charge in [-0.1, -0.05) is 0 Å². The summed E-state index contributed by atoms with van der Waals surface area (Å²) < 4.78 is 1.76. The van der Waals surface area contributed by atoms with Gasteiger partial charge in [-0.25, -0.2) is 4.79 Å². The lowest BCUT2D eigenvalue weighted by molar-refractivity contribution is -0.141. The monoisotopic (exact) mass is 404 g/mol. The van der Waals surface area contributed by atoms with Crippen LogP contribution in [0.3, 0.4) is 0 Å². The van der Waals surface area contributed by atoms with Crippen LogP contribution >= 0.6 is 11.8 Å². The number of thioether (sulfide) groups is 1. The van der Waals surface area contributed by atoms with E-state index in [9.17, 15) is 19.2 Å². The van der Waals surface area contributed by atoms with Crippen molar-refractivity contribution < 1.29 is 29.4 Å². The molecule has 10 nitrogen and oxygen atoms in total. The highest BCUT2D eigenvalue weighted by atomic mass is 32.2. The molecule has 1 atom stereocenters. The first-order chi connectivity index (χ1) is 13.3. The first-order valence-corrected chi connectivity index (χ1v) is 9.50. The van der Waals surface area contributed by atoms with Crippen LogP contribution in [0.1, 0.15) is 24.2 Å². The van der Waals surface area contributed by atoms with E-state index in [0.717, 1.165) is 5.69 Å². The Morgan fingerprint density at radius 3 is 2.75 bits per heavy atom. The lowest BCUT2D eigenvalue weighted by atomic mass is 10.0. The largest absolute Gasteiger partial charge is 0.481 e. The Bertz CT molecular complexity index is 965. The maximum atomic E-state index is 12.3. The fourth-order valence-electron chi connectivity index (χ4n) is 3.37. The fourth-order valence-corrected chi connectivity index (χ4v) is 4.49. The third-order valence-electron chi connectivity index (χ3n) is 4.78. The number of hydrogen-bond donors (Lipinski definition) is 2. The van der Waals surface area contributed by atoms with Gasteiger partial charge in [-0.15, -0.1) is 11.8 Å². The number of amides is 2. The zero-order valence-electron chi connectivity index (χ0n) is 14.6. The fraction of sp³-hybridized carbons (Fsp3) is 0.353. The Morgan fingerprint density at radius 1 is 1.25 bits per heavy atom. The summed E-state index contributed by atoms with van der Waals surface area (Å²) in [5.74, 6) is -2.70. The lowest BCUT2D eigenvalue weighted by Gasteiger charge is -2.36. The molecule has 1 unspecified atom stereocenters. The highest BCUT2D eigenvalue weighted by molar-refractivity contribution is 8.03. The SMILES string of the molecule is O=C(O)CCC(=O)N1CCn2nc(/C=C3/C(=O)N4C(C(=O)O)=CSC34)cc2C1. The third kappa shape index (κ3) is 3.07. The molecule has 0 saturated carbocycles. The van der Waals surface area contributed by atoms with Gasteiger partial charge in [-0.3, -0.25) is 24.0 Å².